The van der Waals surface area contributed by atoms with E-state index in [1.54, 1.807) is 0 Å². The molecule has 0 unspecified atom stereocenters. The molecule has 0 spiro atoms. The predicted molar refractivity (Wildman–Crippen MR) is 59.7 cm³/mol. The second kappa shape index (κ2) is 162. The molecule has 0 bridgehead atoms. The molecule has 0 saturated carbocycles. The summed E-state index contributed by atoms with van der Waals surface area (Å²) in [5.74, 6) is 0. The van der Waals surface area contributed by atoms with Crippen molar-refractivity contribution < 1.29 is 69.5 Å². The molecule has 0 radical (unpaired) electrons. The van der Waals surface area contributed by atoms with Gasteiger partial charge in [0.1, 0.15) is 0 Å². The fraction of sp³-hybridized carbons (Fsp3) is 0. The van der Waals surface area contributed by atoms with E-state index in [1.807, 2.05) is 0 Å². The first-order valence-corrected chi connectivity index (χ1v) is 2.75. The molecule has 0 aliphatic carbocycles. The van der Waals surface area contributed by atoms with Crippen LogP contribution in [0.15, 0.2) is 0 Å². The van der Waals surface area contributed by atoms with Gasteiger partial charge in [0.05, 0.1) is 0 Å². The van der Waals surface area contributed by atoms with Crippen LogP contribution in [0.5, 0.6) is 0 Å². The Kier molecular flexibility index (Phi) is 676. The summed E-state index contributed by atoms with van der Waals surface area (Å²) in [6.07, 6.45) is 0. The van der Waals surface area contributed by atoms with Crippen molar-refractivity contribution in [1.29, 1.82) is 0 Å². The predicted octanol–water partition coefficient (Wildman–Crippen LogP) is -8.41. The zero-order valence-electron chi connectivity index (χ0n) is 9.37. The molecular weight excluding hydrogens is 292 g/mol. The van der Waals surface area contributed by atoms with Crippen LogP contribution in [0, 0.1) is 0 Å². The normalized spacial score (nSPS) is 2.42. The first-order valence-electron chi connectivity index (χ1n) is 2.17. The first-order chi connectivity index (χ1) is 5.83. The maximum atomic E-state index is 8.95. The molecule has 0 aromatic carbocycles. The topological polar surface area (TPSA) is 324 Å². The van der Waals surface area contributed by atoms with Crippen molar-refractivity contribution in [2.24, 2.45) is 0 Å². The minimum atomic E-state index is 0. The Hall–Kier alpha value is -0.654. The van der Waals surface area contributed by atoms with Gasteiger partial charge in [-0.05, 0) is 0 Å². The van der Waals surface area contributed by atoms with Gasteiger partial charge >= 0.3 is 82.2 Å². The molecular formula is H14B4MgO14. The third-order valence-electron chi connectivity index (χ3n) is 0.222. The molecule has 0 heterocycles. The zero-order chi connectivity index (χ0) is 10.2. The molecule has 14 N–H and O–H groups in total. The van der Waals surface area contributed by atoms with Crippen molar-refractivity contribution in [3.05, 3.63) is 0 Å². The van der Waals surface area contributed by atoms with E-state index in [2.05, 4.69) is 9.14 Å². The van der Waals surface area contributed by atoms with E-state index in [0.717, 1.165) is 0 Å². The van der Waals surface area contributed by atoms with E-state index in [9.17, 15) is 0 Å². The molecule has 0 saturated heterocycles. The van der Waals surface area contributed by atoms with Crippen LogP contribution in [0.4, 0.5) is 0 Å². The molecule has 0 amide bonds. The van der Waals surface area contributed by atoms with Gasteiger partial charge < -0.3 is 38.3 Å². The molecule has 19 heavy (non-hydrogen) atoms. The maximum absolute atomic E-state index is 8.95. The molecule has 112 valence electrons. The summed E-state index contributed by atoms with van der Waals surface area (Å²) in [5, 5.41) is 0. The molecule has 0 aromatic rings. The van der Waals surface area contributed by atoms with Crippen molar-refractivity contribution in [2.75, 3.05) is 0 Å². The molecule has 19 heteroatoms. The van der Waals surface area contributed by atoms with Gasteiger partial charge in [-0.15, -0.1) is 0 Å². The summed E-state index contributed by atoms with van der Waals surface area (Å²) < 4.78 is 51.0. The van der Waals surface area contributed by atoms with Crippen LogP contribution in [-0.4, -0.2) is 89.4 Å². The molecule has 0 atom stereocenters. The number of hydrogen-bond donors (Lipinski definition) is 0. The van der Waals surface area contributed by atoms with Gasteiger partial charge in [0.2, 0.25) is 0 Å². The van der Waals surface area contributed by atoms with Crippen molar-refractivity contribution >= 4 is 51.1 Å². The summed E-state index contributed by atoms with van der Waals surface area (Å²) in [6.45, 7) is 0. The third-order valence-corrected chi connectivity index (χ3v) is 0.222. The Labute approximate surface area is 121 Å². The van der Waals surface area contributed by atoms with E-state index < -0.39 is 0 Å². The molecule has 0 aliphatic heterocycles. The Bertz CT molecular complexity index is 103. The van der Waals surface area contributed by atoms with Gasteiger partial charge in [-0.1, -0.05) is 0 Å². The van der Waals surface area contributed by atoms with Crippen LogP contribution in [0.3, 0.4) is 0 Å². The standard InChI is InChI=1S/2B2O3.Mg.7H2O.O/c2*3-1-5-2-4;;;;;;;;;/h;;;7*1H2;. The van der Waals surface area contributed by atoms with Gasteiger partial charge in [0, 0.05) is 0 Å². The fourth-order valence-electron chi connectivity index (χ4n) is 0.0454. The Morgan fingerprint density at radius 1 is 0.474 bits per heavy atom. The van der Waals surface area contributed by atoms with Crippen LogP contribution >= 0.6 is 0 Å². The van der Waals surface area contributed by atoms with Gasteiger partial charge in [-0.25, -0.2) is 0 Å². The summed E-state index contributed by atoms with van der Waals surface area (Å²) in [7, 11) is 0.250. The average molecular weight is 306 g/mol. The second-order valence-corrected chi connectivity index (χ2v) is 0.657. The van der Waals surface area contributed by atoms with E-state index in [1.165, 1.54) is 0 Å². The van der Waals surface area contributed by atoms with Crippen molar-refractivity contribution in [3.8, 4) is 0 Å². The first kappa shape index (κ1) is 79.2. The van der Waals surface area contributed by atoms with E-state index in [-0.39, 0.29) is 67.7 Å². The molecule has 0 fully saturated rings. The molecule has 0 rings (SSSR count). The Balaban J connectivity index is -0.00000000709. The van der Waals surface area contributed by atoms with Crippen molar-refractivity contribution in [3.63, 3.8) is 0 Å². The van der Waals surface area contributed by atoms with Crippen molar-refractivity contribution in [2.45, 2.75) is 0 Å². The fourth-order valence-corrected chi connectivity index (χ4v) is 0.0454. The van der Waals surface area contributed by atoms with E-state index >= 15 is 0 Å². The summed E-state index contributed by atoms with van der Waals surface area (Å²) in [5.41, 5.74) is 0. The SMILES string of the molecule is O.O.O.O.O.O.O.O=BOB=O.O=BOB=O.[O]=[Mg]. The molecule has 0 aromatic heterocycles. The third kappa shape index (κ3) is 365. The zero-order valence-corrected chi connectivity index (χ0v) is 10.8. The minimum absolute atomic E-state index is 0. The van der Waals surface area contributed by atoms with E-state index in [4.69, 9.17) is 22.0 Å². The van der Waals surface area contributed by atoms with Crippen LogP contribution in [0.25, 0.3) is 0 Å². The number of hydrogen-bond acceptors (Lipinski definition) is 7. The summed E-state index contributed by atoms with van der Waals surface area (Å²) in [6, 6.07) is 0. The van der Waals surface area contributed by atoms with Gasteiger partial charge in [-0.3, -0.25) is 0 Å². The molecule has 0 aliphatic rings. The molecule has 14 nitrogen and oxygen atoms in total. The summed E-state index contributed by atoms with van der Waals surface area (Å²) >= 11 is 0.611. The second-order valence-electron chi connectivity index (χ2n) is 0.657. The Morgan fingerprint density at radius 3 is 0.579 bits per heavy atom. The monoisotopic (exact) mass is 306 g/mol. The van der Waals surface area contributed by atoms with Crippen LogP contribution < -0.4 is 0 Å². The quantitative estimate of drug-likeness (QED) is 0.450. The van der Waals surface area contributed by atoms with Gasteiger partial charge in [0.25, 0.3) is 0 Å². The van der Waals surface area contributed by atoms with E-state index in [0.29, 0.717) is 21.7 Å². The van der Waals surface area contributed by atoms with Crippen LogP contribution in [0.1, 0.15) is 0 Å². The van der Waals surface area contributed by atoms with Crippen LogP contribution in [0.2, 0.25) is 0 Å². The summed E-state index contributed by atoms with van der Waals surface area (Å²) in [4.78, 5) is 0. The Morgan fingerprint density at radius 2 is 0.579 bits per heavy atom. The average Bonchev–Trinajstić information content (AvgIpc) is 2.12. The van der Waals surface area contributed by atoms with Crippen molar-refractivity contribution in [1.82, 2.24) is 0 Å². The number of rotatable bonds is 4. The van der Waals surface area contributed by atoms with Gasteiger partial charge in [-0.2, -0.15) is 0 Å². The van der Waals surface area contributed by atoms with Gasteiger partial charge in [0.15, 0.2) is 0 Å². The van der Waals surface area contributed by atoms with Crippen LogP contribution in [-0.2, 0) is 31.1 Å².